The molecule has 0 radical (unpaired) electrons. The van der Waals surface area contributed by atoms with Crippen LogP contribution in [0.2, 0.25) is 0 Å². The Morgan fingerprint density at radius 1 is 1.12 bits per heavy atom. The van der Waals surface area contributed by atoms with Gasteiger partial charge in [-0.05, 0) is 30.5 Å². The number of carbonyl (C=O) groups is 1. The van der Waals surface area contributed by atoms with Crippen LogP contribution in [0.1, 0.15) is 28.8 Å². The lowest BCUT2D eigenvalue weighted by Gasteiger charge is -2.20. The maximum absolute atomic E-state index is 12.9. The zero-order valence-electron chi connectivity index (χ0n) is 14.3. The van der Waals surface area contributed by atoms with Gasteiger partial charge >= 0.3 is 0 Å². The fourth-order valence-electron chi connectivity index (χ4n) is 2.80. The van der Waals surface area contributed by atoms with E-state index in [1.54, 1.807) is 29.5 Å². The summed E-state index contributed by atoms with van der Waals surface area (Å²) in [5.74, 6) is 0.710. The summed E-state index contributed by atoms with van der Waals surface area (Å²) >= 11 is 0. The summed E-state index contributed by atoms with van der Waals surface area (Å²) in [6.07, 6.45) is 11.0. The van der Waals surface area contributed by atoms with Gasteiger partial charge in [-0.1, -0.05) is 42.5 Å². The lowest BCUT2D eigenvalue weighted by Crippen LogP contribution is -2.33. The van der Waals surface area contributed by atoms with Gasteiger partial charge in [0, 0.05) is 18.8 Å². The number of aromatic nitrogens is 4. The Kier molecular flexibility index (Phi) is 4.55. The average Bonchev–Trinajstić information content (AvgIpc) is 3.38. The average molecular weight is 345 g/mol. The number of hydrogen-bond acceptors (Lipinski definition) is 4. The number of carbonyl (C=O) groups excluding carboxylic acids is 1. The van der Waals surface area contributed by atoms with E-state index in [1.807, 2.05) is 47.4 Å². The smallest absolute Gasteiger partial charge is 0.255 e. The van der Waals surface area contributed by atoms with Crippen LogP contribution in [0.3, 0.4) is 0 Å². The first-order valence-electron chi connectivity index (χ1n) is 8.65. The molecule has 0 bridgehead atoms. The third-order valence-electron chi connectivity index (χ3n) is 4.34. The van der Waals surface area contributed by atoms with Crippen molar-refractivity contribution in [2.45, 2.75) is 18.9 Å². The zero-order chi connectivity index (χ0) is 17.8. The molecule has 26 heavy (non-hydrogen) atoms. The van der Waals surface area contributed by atoms with Crippen LogP contribution < -0.4 is 0 Å². The second kappa shape index (κ2) is 7.31. The SMILES string of the molecule is O=C(c1ccc(-n2cnnc2)nc1)N(C/C=C/c1ccccc1)C1CC1. The van der Waals surface area contributed by atoms with Crippen LogP contribution >= 0.6 is 0 Å². The molecule has 6 nitrogen and oxygen atoms in total. The molecule has 6 heteroatoms. The molecule has 4 rings (SSSR count). The van der Waals surface area contributed by atoms with Gasteiger partial charge in [-0.3, -0.25) is 9.36 Å². The van der Waals surface area contributed by atoms with E-state index >= 15 is 0 Å². The van der Waals surface area contributed by atoms with Crippen LogP contribution in [-0.4, -0.2) is 43.1 Å². The molecule has 0 unspecified atom stereocenters. The molecule has 0 N–H and O–H groups in total. The standard InChI is InChI=1S/C20H19N5O/c26-20(17-8-11-19(21-13-17)24-14-22-23-15-24)25(18-9-10-18)12-4-7-16-5-2-1-3-6-16/h1-8,11,13-15,18H,9-10,12H2/b7-4+. The van der Waals surface area contributed by atoms with Crippen molar-refractivity contribution in [2.24, 2.45) is 0 Å². The van der Waals surface area contributed by atoms with Crippen molar-refractivity contribution < 1.29 is 4.79 Å². The molecule has 0 spiro atoms. The van der Waals surface area contributed by atoms with E-state index in [0.717, 1.165) is 18.4 Å². The fraction of sp³-hybridized carbons (Fsp3) is 0.200. The van der Waals surface area contributed by atoms with Crippen LogP contribution in [-0.2, 0) is 0 Å². The summed E-state index contributed by atoms with van der Waals surface area (Å²) in [6, 6.07) is 14.1. The summed E-state index contributed by atoms with van der Waals surface area (Å²) in [6.45, 7) is 0.603. The fourth-order valence-corrected chi connectivity index (χ4v) is 2.80. The van der Waals surface area contributed by atoms with Crippen LogP contribution in [0.15, 0.2) is 67.4 Å². The molecule has 0 saturated heterocycles. The van der Waals surface area contributed by atoms with E-state index in [1.165, 1.54) is 0 Å². The predicted molar refractivity (Wildman–Crippen MR) is 98.7 cm³/mol. The van der Waals surface area contributed by atoms with Gasteiger partial charge in [0.1, 0.15) is 18.5 Å². The zero-order valence-corrected chi connectivity index (χ0v) is 14.3. The van der Waals surface area contributed by atoms with E-state index < -0.39 is 0 Å². The second-order valence-corrected chi connectivity index (χ2v) is 6.28. The molecule has 1 aliphatic rings. The Hall–Kier alpha value is -3.28. The number of benzene rings is 1. The molecule has 1 aromatic carbocycles. The van der Waals surface area contributed by atoms with Crippen LogP contribution in [0.4, 0.5) is 0 Å². The van der Waals surface area contributed by atoms with Gasteiger partial charge < -0.3 is 4.90 Å². The lowest BCUT2D eigenvalue weighted by atomic mass is 10.2. The van der Waals surface area contributed by atoms with Crippen molar-refractivity contribution in [2.75, 3.05) is 6.54 Å². The molecule has 1 fully saturated rings. The molecule has 0 aliphatic heterocycles. The Morgan fingerprint density at radius 3 is 2.54 bits per heavy atom. The Balaban J connectivity index is 1.46. The van der Waals surface area contributed by atoms with Crippen molar-refractivity contribution in [1.82, 2.24) is 24.6 Å². The summed E-state index contributed by atoms with van der Waals surface area (Å²) in [7, 11) is 0. The van der Waals surface area contributed by atoms with Crippen LogP contribution in [0.5, 0.6) is 0 Å². The molecule has 0 atom stereocenters. The van der Waals surface area contributed by atoms with Crippen molar-refractivity contribution in [1.29, 1.82) is 0 Å². The molecule has 2 heterocycles. The first-order chi connectivity index (χ1) is 12.8. The van der Waals surface area contributed by atoms with Crippen LogP contribution in [0, 0.1) is 0 Å². The Morgan fingerprint density at radius 2 is 1.88 bits per heavy atom. The summed E-state index contributed by atoms with van der Waals surface area (Å²) in [5, 5.41) is 7.53. The minimum absolute atomic E-state index is 0.0213. The molecule has 2 aromatic heterocycles. The predicted octanol–water partition coefficient (Wildman–Crippen LogP) is 2.98. The highest BCUT2D eigenvalue weighted by Crippen LogP contribution is 2.28. The minimum Gasteiger partial charge on any atom is -0.332 e. The van der Waals surface area contributed by atoms with Gasteiger partial charge in [-0.2, -0.15) is 0 Å². The first-order valence-corrected chi connectivity index (χ1v) is 8.65. The maximum Gasteiger partial charge on any atom is 0.255 e. The molecule has 3 aromatic rings. The number of amides is 1. The van der Waals surface area contributed by atoms with E-state index in [9.17, 15) is 4.79 Å². The molecule has 1 saturated carbocycles. The van der Waals surface area contributed by atoms with Gasteiger partial charge in [0.05, 0.1) is 5.56 Å². The second-order valence-electron chi connectivity index (χ2n) is 6.28. The maximum atomic E-state index is 12.9. The Bertz CT molecular complexity index is 884. The Labute approximate surface area is 151 Å². The minimum atomic E-state index is 0.0213. The lowest BCUT2D eigenvalue weighted by molar-refractivity contribution is 0.0762. The van der Waals surface area contributed by atoms with Crippen molar-refractivity contribution >= 4 is 12.0 Å². The van der Waals surface area contributed by atoms with Crippen LogP contribution in [0.25, 0.3) is 11.9 Å². The molecule has 130 valence electrons. The van der Waals surface area contributed by atoms with E-state index in [-0.39, 0.29) is 5.91 Å². The normalized spacial score (nSPS) is 13.8. The summed E-state index contributed by atoms with van der Waals surface area (Å²) in [5.41, 5.74) is 1.73. The largest absolute Gasteiger partial charge is 0.332 e. The molecule has 1 aliphatic carbocycles. The van der Waals surface area contributed by atoms with Gasteiger partial charge in [0.2, 0.25) is 0 Å². The quantitative estimate of drug-likeness (QED) is 0.689. The molecular formula is C20H19N5O. The third kappa shape index (κ3) is 3.69. The number of nitrogens with zero attached hydrogens (tertiary/aromatic N) is 5. The van der Waals surface area contributed by atoms with Gasteiger partial charge in [-0.25, -0.2) is 4.98 Å². The first kappa shape index (κ1) is 16.2. The van der Waals surface area contributed by atoms with Crippen molar-refractivity contribution in [3.05, 3.63) is 78.5 Å². The van der Waals surface area contributed by atoms with Crippen molar-refractivity contribution in [3.63, 3.8) is 0 Å². The topological polar surface area (TPSA) is 63.9 Å². The molecule has 1 amide bonds. The summed E-state index contributed by atoms with van der Waals surface area (Å²) in [4.78, 5) is 19.2. The monoisotopic (exact) mass is 345 g/mol. The van der Waals surface area contributed by atoms with E-state index in [2.05, 4.69) is 21.3 Å². The highest BCUT2D eigenvalue weighted by molar-refractivity contribution is 5.94. The van der Waals surface area contributed by atoms with Crippen molar-refractivity contribution in [3.8, 4) is 5.82 Å². The van der Waals surface area contributed by atoms with E-state index in [0.29, 0.717) is 24.0 Å². The molecular weight excluding hydrogens is 326 g/mol. The highest BCUT2D eigenvalue weighted by atomic mass is 16.2. The highest BCUT2D eigenvalue weighted by Gasteiger charge is 2.32. The number of hydrogen-bond donors (Lipinski definition) is 0. The number of rotatable bonds is 6. The van der Waals surface area contributed by atoms with Gasteiger partial charge in [0.15, 0.2) is 0 Å². The van der Waals surface area contributed by atoms with E-state index in [4.69, 9.17) is 0 Å². The number of pyridine rings is 1. The van der Waals surface area contributed by atoms with Gasteiger partial charge in [0.25, 0.3) is 5.91 Å². The summed E-state index contributed by atoms with van der Waals surface area (Å²) < 4.78 is 1.70. The third-order valence-corrected chi connectivity index (χ3v) is 4.34. The van der Waals surface area contributed by atoms with Gasteiger partial charge in [-0.15, -0.1) is 10.2 Å².